The van der Waals surface area contributed by atoms with Gasteiger partial charge in [-0.15, -0.1) is 0 Å². The van der Waals surface area contributed by atoms with E-state index >= 15 is 0 Å². The van der Waals surface area contributed by atoms with Crippen LogP contribution in [-0.2, 0) is 19.6 Å². The molecule has 8 heteroatoms. The normalized spacial score (nSPS) is 13.4. The van der Waals surface area contributed by atoms with Gasteiger partial charge < -0.3 is 10.4 Å². The number of amides is 1. The molecule has 0 aliphatic rings. The largest absolute Gasteiger partial charge is 0.481 e. The molecular weight excluding hydrogens is 368 g/mol. The zero-order valence-electron chi connectivity index (χ0n) is 16.6. The van der Waals surface area contributed by atoms with Crippen LogP contribution in [0.5, 0.6) is 0 Å². The third kappa shape index (κ3) is 7.30. The van der Waals surface area contributed by atoms with Crippen LogP contribution in [0.2, 0.25) is 0 Å². The average molecular weight is 399 g/mol. The number of carboxylic acids is 1. The fraction of sp³-hybridized carbons (Fsp3) is 0.579. The standard InChI is InChI=1S/C19H30N2O5S/c1-13(2)12-16(17(22)20-11-10-19(4,5)18(23)24)21-27(25,26)15-8-6-14(3)7-9-15/h6-9,13,16,21H,10-12H2,1-5H3,(H,20,22)(H,23,24). The van der Waals surface area contributed by atoms with E-state index < -0.39 is 33.4 Å². The molecule has 1 unspecified atom stereocenters. The predicted molar refractivity (Wildman–Crippen MR) is 104 cm³/mol. The van der Waals surface area contributed by atoms with Crippen LogP contribution < -0.4 is 10.0 Å². The minimum atomic E-state index is -3.84. The fourth-order valence-electron chi connectivity index (χ4n) is 2.38. The predicted octanol–water partition coefficient (Wildman–Crippen LogP) is 2.31. The van der Waals surface area contributed by atoms with Crippen molar-refractivity contribution in [1.82, 2.24) is 10.0 Å². The van der Waals surface area contributed by atoms with Gasteiger partial charge in [-0.25, -0.2) is 8.42 Å². The fourth-order valence-corrected chi connectivity index (χ4v) is 3.59. The van der Waals surface area contributed by atoms with Crippen molar-refractivity contribution in [3.63, 3.8) is 0 Å². The van der Waals surface area contributed by atoms with Gasteiger partial charge in [0.2, 0.25) is 15.9 Å². The van der Waals surface area contributed by atoms with Crippen LogP contribution in [0.3, 0.4) is 0 Å². The van der Waals surface area contributed by atoms with E-state index in [1.54, 1.807) is 26.0 Å². The lowest BCUT2D eigenvalue weighted by Gasteiger charge is -2.22. The highest BCUT2D eigenvalue weighted by molar-refractivity contribution is 7.89. The van der Waals surface area contributed by atoms with Crippen molar-refractivity contribution in [2.75, 3.05) is 6.54 Å². The molecule has 27 heavy (non-hydrogen) atoms. The first-order valence-corrected chi connectivity index (χ1v) is 10.4. The van der Waals surface area contributed by atoms with Gasteiger partial charge in [0.05, 0.1) is 10.3 Å². The van der Waals surface area contributed by atoms with Crippen molar-refractivity contribution in [1.29, 1.82) is 0 Å². The second-order valence-corrected chi connectivity index (χ2v) is 9.56. The number of carboxylic acid groups (broad SMARTS) is 1. The van der Waals surface area contributed by atoms with Gasteiger partial charge >= 0.3 is 5.97 Å². The van der Waals surface area contributed by atoms with Crippen LogP contribution in [0.25, 0.3) is 0 Å². The molecule has 1 amide bonds. The first kappa shape index (κ1) is 23.1. The molecule has 0 radical (unpaired) electrons. The SMILES string of the molecule is Cc1ccc(S(=O)(=O)NC(CC(C)C)C(=O)NCCC(C)(C)C(=O)O)cc1. The molecule has 1 rings (SSSR count). The van der Waals surface area contributed by atoms with Crippen LogP contribution in [0.1, 0.15) is 46.1 Å². The van der Waals surface area contributed by atoms with E-state index in [1.807, 2.05) is 20.8 Å². The Bertz CT molecular complexity index is 755. The Labute approximate surface area is 161 Å². The zero-order valence-corrected chi connectivity index (χ0v) is 17.4. The Kier molecular flexibility index (Phi) is 7.98. The van der Waals surface area contributed by atoms with E-state index in [0.717, 1.165) is 5.56 Å². The molecule has 152 valence electrons. The Balaban J connectivity index is 2.84. The maximum atomic E-state index is 12.6. The molecule has 0 fully saturated rings. The van der Waals surface area contributed by atoms with Crippen molar-refractivity contribution in [2.24, 2.45) is 11.3 Å². The number of hydrogen-bond acceptors (Lipinski definition) is 4. The highest BCUT2D eigenvalue weighted by atomic mass is 32.2. The summed E-state index contributed by atoms with van der Waals surface area (Å²) in [5.74, 6) is -1.31. The summed E-state index contributed by atoms with van der Waals surface area (Å²) in [7, 11) is -3.84. The van der Waals surface area contributed by atoms with Crippen LogP contribution >= 0.6 is 0 Å². The summed E-state index contributed by atoms with van der Waals surface area (Å²) >= 11 is 0. The second kappa shape index (κ2) is 9.32. The molecule has 0 saturated heterocycles. The molecular formula is C19H30N2O5S. The van der Waals surface area contributed by atoms with Gasteiger partial charge in [0.1, 0.15) is 6.04 Å². The summed E-state index contributed by atoms with van der Waals surface area (Å²) < 4.78 is 27.7. The lowest BCUT2D eigenvalue weighted by molar-refractivity contribution is -0.147. The Hall–Kier alpha value is -1.93. The van der Waals surface area contributed by atoms with Gasteiger partial charge in [0.25, 0.3) is 0 Å². The quantitative estimate of drug-likeness (QED) is 0.560. The molecule has 0 spiro atoms. The summed E-state index contributed by atoms with van der Waals surface area (Å²) in [6.45, 7) is 8.96. The Morgan fingerprint density at radius 1 is 1.15 bits per heavy atom. The number of sulfonamides is 1. The first-order chi connectivity index (χ1) is 12.3. The lowest BCUT2D eigenvalue weighted by atomic mass is 9.89. The molecule has 0 aliphatic heterocycles. The molecule has 1 atom stereocenters. The van der Waals surface area contributed by atoms with Gasteiger partial charge in [-0.2, -0.15) is 4.72 Å². The molecule has 0 saturated carbocycles. The van der Waals surface area contributed by atoms with Gasteiger partial charge in [0, 0.05) is 6.54 Å². The van der Waals surface area contributed by atoms with E-state index in [1.165, 1.54) is 12.1 Å². The number of hydrogen-bond donors (Lipinski definition) is 3. The maximum absolute atomic E-state index is 12.6. The summed E-state index contributed by atoms with van der Waals surface area (Å²) in [5, 5.41) is 11.8. The topological polar surface area (TPSA) is 113 Å². The summed E-state index contributed by atoms with van der Waals surface area (Å²) in [6.07, 6.45) is 0.576. The molecule has 0 aliphatic carbocycles. The van der Waals surface area contributed by atoms with Crippen LogP contribution in [0, 0.1) is 18.3 Å². The third-order valence-corrected chi connectivity index (χ3v) is 5.77. The van der Waals surface area contributed by atoms with E-state index in [9.17, 15) is 18.0 Å². The number of carbonyl (C=O) groups is 2. The third-order valence-electron chi connectivity index (χ3n) is 4.28. The van der Waals surface area contributed by atoms with E-state index in [4.69, 9.17) is 5.11 Å². The Morgan fingerprint density at radius 2 is 1.70 bits per heavy atom. The van der Waals surface area contributed by atoms with Gasteiger partial charge in [-0.05, 0) is 51.7 Å². The zero-order chi connectivity index (χ0) is 20.8. The number of nitrogens with one attached hydrogen (secondary N) is 2. The van der Waals surface area contributed by atoms with Crippen LogP contribution in [0.15, 0.2) is 29.2 Å². The minimum absolute atomic E-state index is 0.0944. The smallest absolute Gasteiger partial charge is 0.309 e. The van der Waals surface area contributed by atoms with Gasteiger partial charge in [-0.1, -0.05) is 31.5 Å². The van der Waals surface area contributed by atoms with Gasteiger partial charge in [0.15, 0.2) is 0 Å². The molecule has 0 aromatic heterocycles. The number of carbonyl (C=O) groups excluding carboxylic acids is 1. The molecule has 0 heterocycles. The average Bonchev–Trinajstić information content (AvgIpc) is 2.53. The van der Waals surface area contributed by atoms with E-state index in [2.05, 4.69) is 10.0 Å². The van der Waals surface area contributed by atoms with Gasteiger partial charge in [-0.3, -0.25) is 9.59 Å². The molecule has 1 aromatic rings. The van der Waals surface area contributed by atoms with E-state index in [0.29, 0.717) is 6.42 Å². The van der Waals surface area contributed by atoms with Crippen molar-refractivity contribution in [3.05, 3.63) is 29.8 Å². The monoisotopic (exact) mass is 398 g/mol. The van der Waals surface area contributed by atoms with Crippen molar-refractivity contribution in [2.45, 2.75) is 58.4 Å². The lowest BCUT2D eigenvalue weighted by Crippen LogP contribution is -2.48. The number of aryl methyl sites for hydroxylation is 1. The second-order valence-electron chi connectivity index (χ2n) is 7.85. The van der Waals surface area contributed by atoms with Crippen molar-refractivity contribution in [3.8, 4) is 0 Å². The molecule has 3 N–H and O–H groups in total. The van der Waals surface area contributed by atoms with Crippen molar-refractivity contribution < 1.29 is 23.1 Å². The minimum Gasteiger partial charge on any atom is -0.481 e. The van der Waals surface area contributed by atoms with Crippen LogP contribution in [-0.4, -0.2) is 38.0 Å². The van der Waals surface area contributed by atoms with Crippen LogP contribution in [0.4, 0.5) is 0 Å². The Morgan fingerprint density at radius 3 is 2.19 bits per heavy atom. The highest BCUT2D eigenvalue weighted by Gasteiger charge is 2.29. The molecule has 7 nitrogen and oxygen atoms in total. The number of aliphatic carboxylic acids is 1. The van der Waals surface area contributed by atoms with Crippen molar-refractivity contribution >= 4 is 21.9 Å². The number of benzene rings is 1. The maximum Gasteiger partial charge on any atom is 0.309 e. The molecule has 1 aromatic carbocycles. The number of rotatable bonds is 10. The first-order valence-electron chi connectivity index (χ1n) is 8.95. The van der Waals surface area contributed by atoms with E-state index in [-0.39, 0.29) is 23.8 Å². The molecule has 0 bridgehead atoms. The summed E-state index contributed by atoms with van der Waals surface area (Å²) in [5.41, 5.74) is -0.0335. The summed E-state index contributed by atoms with van der Waals surface area (Å²) in [6, 6.07) is 5.46. The summed E-state index contributed by atoms with van der Waals surface area (Å²) in [4.78, 5) is 23.8. The highest BCUT2D eigenvalue weighted by Crippen LogP contribution is 2.19.